The number of hydrogen-bond acceptors (Lipinski definition) is 3. The van der Waals surface area contributed by atoms with Crippen LogP contribution in [0.2, 0.25) is 0 Å². The minimum Gasteiger partial charge on any atom is -0.496 e. The first-order chi connectivity index (χ1) is 8.54. The van der Waals surface area contributed by atoms with Crippen LogP contribution in [-0.4, -0.2) is 23.3 Å². The summed E-state index contributed by atoms with van der Waals surface area (Å²) in [7, 11) is 1.68. The molecule has 0 bridgehead atoms. The monoisotopic (exact) mass is 251 g/mol. The van der Waals surface area contributed by atoms with Gasteiger partial charge in [-0.15, -0.1) is 0 Å². The van der Waals surface area contributed by atoms with Crippen LogP contribution in [0.3, 0.4) is 0 Å². The van der Waals surface area contributed by atoms with Gasteiger partial charge in [0.05, 0.1) is 13.2 Å². The molecule has 0 saturated heterocycles. The number of aliphatic hydroxyl groups is 1. The third-order valence-corrected chi connectivity index (χ3v) is 3.75. The molecule has 102 valence electrons. The highest BCUT2D eigenvalue weighted by Gasteiger charge is 2.19. The van der Waals surface area contributed by atoms with E-state index in [-0.39, 0.29) is 6.10 Å². The molecule has 0 spiro atoms. The van der Waals surface area contributed by atoms with Crippen molar-refractivity contribution in [3.63, 3.8) is 0 Å². The van der Waals surface area contributed by atoms with E-state index in [1.165, 1.54) is 0 Å². The van der Waals surface area contributed by atoms with Gasteiger partial charge in [0, 0.05) is 29.4 Å². The fourth-order valence-electron chi connectivity index (χ4n) is 2.47. The van der Waals surface area contributed by atoms with Gasteiger partial charge in [-0.05, 0) is 19.8 Å². The maximum absolute atomic E-state index is 10.2. The molecule has 0 fully saturated rings. The summed E-state index contributed by atoms with van der Waals surface area (Å²) in [5.41, 5.74) is 3.02. The minimum absolute atomic E-state index is 0.321. The minimum atomic E-state index is -0.321. The lowest BCUT2D eigenvalue weighted by atomic mass is 9.92. The smallest absolute Gasteiger partial charge is 0.128 e. The highest BCUT2D eigenvalue weighted by Crippen LogP contribution is 2.26. The van der Waals surface area contributed by atoms with Gasteiger partial charge in [-0.3, -0.25) is 4.98 Å². The molecule has 0 radical (unpaired) electrons. The first-order valence-electron chi connectivity index (χ1n) is 6.72. The number of nitrogens with zero attached hydrogens (tertiary/aromatic N) is 1. The largest absolute Gasteiger partial charge is 0.496 e. The Morgan fingerprint density at radius 1 is 1.28 bits per heavy atom. The highest BCUT2D eigenvalue weighted by atomic mass is 16.5. The van der Waals surface area contributed by atoms with E-state index < -0.39 is 0 Å². The predicted molar refractivity (Wildman–Crippen MR) is 74.0 cm³/mol. The average Bonchev–Trinajstić information content (AvgIpc) is 2.35. The molecule has 1 N–H and O–H groups in total. The maximum atomic E-state index is 10.2. The molecule has 1 atom stereocenters. The molecule has 0 saturated carbocycles. The fraction of sp³-hybridized carbons (Fsp3) is 0.667. The van der Waals surface area contributed by atoms with Gasteiger partial charge in [0.1, 0.15) is 5.75 Å². The Hall–Kier alpha value is -1.09. The molecule has 1 rings (SSSR count). The molecule has 3 heteroatoms. The lowest BCUT2D eigenvalue weighted by Gasteiger charge is -2.21. The van der Waals surface area contributed by atoms with Crippen molar-refractivity contribution < 1.29 is 9.84 Å². The van der Waals surface area contributed by atoms with Crippen LogP contribution in [0.5, 0.6) is 5.75 Å². The quantitative estimate of drug-likeness (QED) is 0.845. The molecule has 18 heavy (non-hydrogen) atoms. The van der Waals surface area contributed by atoms with Gasteiger partial charge in [-0.2, -0.15) is 0 Å². The van der Waals surface area contributed by atoms with Crippen molar-refractivity contribution in [3.05, 3.63) is 23.0 Å². The number of aromatic nitrogens is 1. The molecule has 1 aromatic rings. The third kappa shape index (κ3) is 3.22. The standard InChI is InChI=1S/C15H25NO2/c1-6-12(7-2)14(17)8-13-11(4)15(18-5)10(3)9-16-13/h9,12,14,17H,6-8H2,1-5H3. The lowest BCUT2D eigenvalue weighted by molar-refractivity contribution is 0.102. The predicted octanol–water partition coefficient (Wildman–Crippen LogP) is 3.05. The van der Waals surface area contributed by atoms with E-state index in [4.69, 9.17) is 4.74 Å². The first kappa shape index (κ1) is 15.0. The summed E-state index contributed by atoms with van der Waals surface area (Å²) in [6.45, 7) is 8.23. The Kier molecular flexibility index (Phi) is 5.60. The number of methoxy groups -OCH3 is 1. The average molecular weight is 251 g/mol. The summed E-state index contributed by atoms with van der Waals surface area (Å²) >= 11 is 0. The summed E-state index contributed by atoms with van der Waals surface area (Å²) in [4.78, 5) is 4.44. The Morgan fingerprint density at radius 2 is 1.89 bits per heavy atom. The van der Waals surface area contributed by atoms with Crippen LogP contribution in [0.15, 0.2) is 6.20 Å². The van der Waals surface area contributed by atoms with Crippen LogP contribution in [0.25, 0.3) is 0 Å². The molecule has 1 unspecified atom stereocenters. The fourth-order valence-corrected chi connectivity index (χ4v) is 2.47. The molecule has 0 aromatic carbocycles. The van der Waals surface area contributed by atoms with E-state index in [1.807, 2.05) is 20.0 Å². The number of rotatable bonds is 6. The van der Waals surface area contributed by atoms with Crippen molar-refractivity contribution in [1.82, 2.24) is 4.98 Å². The van der Waals surface area contributed by atoms with Crippen LogP contribution in [0.1, 0.15) is 43.5 Å². The number of aryl methyl sites for hydroxylation is 1. The summed E-state index contributed by atoms with van der Waals surface area (Å²) in [5, 5.41) is 10.2. The number of ether oxygens (including phenoxy) is 1. The molecule has 0 amide bonds. The van der Waals surface area contributed by atoms with Gasteiger partial charge in [0.15, 0.2) is 0 Å². The zero-order chi connectivity index (χ0) is 13.7. The Labute approximate surface area is 110 Å². The van der Waals surface area contributed by atoms with Crippen molar-refractivity contribution >= 4 is 0 Å². The van der Waals surface area contributed by atoms with Crippen molar-refractivity contribution in [2.45, 2.75) is 53.1 Å². The maximum Gasteiger partial charge on any atom is 0.128 e. The first-order valence-corrected chi connectivity index (χ1v) is 6.72. The van der Waals surface area contributed by atoms with E-state index in [2.05, 4.69) is 18.8 Å². The molecular weight excluding hydrogens is 226 g/mol. The van der Waals surface area contributed by atoms with Crippen LogP contribution < -0.4 is 4.74 Å². The van der Waals surface area contributed by atoms with Crippen LogP contribution in [0, 0.1) is 19.8 Å². The number of pyridine rings is 1. The van der Waals surface area contributed by atoms with Gasteiger partial charge >= 0.3 is 0 Å². The van der Waals surface area contributed by atoms with Crippen molar-refractivity contribution in [1.29, 1.82) is 0 Å². The molecule has 0 aliphatic heterocycles. The normalized spacial score (nSPS) is 12.8. The van der Waals surface area contributed by atoms with Crippen LogP contribution in [-0.2, 0) is 6.42 Å². The molecular formula is C15H25NO2. The Morgan fingerprint density at radius 3 is 2.39 bits per heavy atom. The topological polar surface area (TPSA) is 42.4 Å². The van der Waals surface area contributed by atoms with E-state index in [9.17, 15) is 5.11 Å². The summed E-state index contributed by atoms with van der Waals surface area (Å²) < 4.78 is 5.39. The molecule has 1 aromatic heterocycles. The lowest BCUT2D eigenvalue weighted by Crippen LogP contribution is -2.23. The summed E-state index contributed by atoms with van der Waals surface area (Å²) in [5.74, 6) is 1.23. The van der Waals surface area contributed by atoms with E-state index in [0.717, 1.165) is 35.4 Å². The molecule has 0 aliphatic rings. The molecule has 0 aliphatic carbocycles. The van der Waals surface area contributed by atoms with E-state index in [0.29, 0.717) is 12.3 Å². The summed E-state index contributed by atoms with van der Waals surface area (Å²) in [6.07, 6.45) is 4.10. The van der Waals surface area contributed by atoms with Gasteiger partial charge in [-0.1, -0.05) is 26.7 Å². The van der Waals surface area contributed by atoms with E-state index >= 15 is 0 Å². The van der Waals surface area contributed by atoms with Gasteiger partial charge < -0.3 is 9.84 Å². The van der Waals surface area contributed by atoms with Gasteiger partial charge in [0.25, 0.3) is 0 Å². The zero-order valence-electron chi connectivity index (χ0n) is 12.2. The number of aliphatic hydroxyl groups excluding tert-OH is 1. The van der Waals surface area contributed by atoms with E-state index in [1.54, 1.807) is 7.11 Å². The second-order valence-corrected chi connectivity index (χ2v) is 4.89. The van der Waals surface area contributed by atoms with Gasteiger partial charge in [0.2, 0.25) is 0 Å². The van der Waals surface area contributed by atoms with Crippen molar-refractivity contribution in [2.75, 3.05) is 7.11 Å². The van der Waals surface area contributed by atoms with Crippen molar-refractivity contribution in [2.24, 2.45) is 5.92 Å². The number of hydrogen-bond donors (Lipinski definition) is 1. The zero-order valence-corrected chi connectivity index (χ0v) is 12.2. The van der Waals surface area contributed by atoms with Gasteiger partial charge in [-0.25, -0.2) is 0 Å². The van der Waals surface area contributed by atoms with Crippen LogP contribution >= 0.6 is 0 Å². The second kappa shape index (κ2) is 6.74. The molecule has 1 heterocycles. The molecule has 3 nitrogen and oxygen atoms in total. The third-order valence-electron chi connectivity index (χ3n) is 3.75. The van der Waals surface area contributed by atoms with Crippen molar-refractivity contribution in [3.8, 4) is 5.75 Å². The highest BCUT2D eigenvalue weighted by molar-refractivity contribution is 5.41. The Balaban J connectivity index is 2.91. The summed E-state index contributed by atoms with van der Waals surface area (Å²) in [6, 6.07) is 0. The second-order valence-electron chi connectivity index (χ2n) is 4.89. The Bertz CT molecular complexity index is 386. The SMILES string of the molecule is CCC(CC)C(O)Cc1ncc(C)c(OC)c1C. The van der Waals surface area contributed by atoms with Crippen LogP contribution in [0.4, 0.5) is 0 Å².